The number of carbonyl (C=O) groups is 3. The molecule has 0 spiro atoms. The normalized spacial score (nSPS) is 12.4. The molecule has 0 aromatic heterocycles. The lowest BCUT2D eigenvalue weighted by Gasteiger charge is -2.18. The highest BCUT2D eigenvalue weighted by Gasteiger charge is 2.19. The molecule has 0 aromatic rings. The van der Waals surface area contributed by atoms with Gasteiger partial charge in [0.15, 0.2) is 6.10 Å². The molecular formula is C63H112O6. The monoisotopic (exact) mass is 965 g/mol. The number of carbonyl (C=O) groups excluding carboxylic acids is 3. The molecule has 0 heterocycles. The smallest absolute Gasteiger partial charge is 0.306 e. The van der Waals surface area contributed by atoms with E-state index in [1.165, 1.54) is 167 Å². The Hall–Kier alpha value is -2.89. The fourth-order valence-electron chi connectivity index (χ4n) is 8.51. The summed E-state index contributed by atoms with van der Waals surface area (Å²) in [5.74, 6) is -0.893. The maximum atomic E-state index is 12.9. The molecular weight excluding hydrogens is 853 g/mol. The maximum Gasteiger partial charge on any atom is 0.306 e. The molecule has 1 unspecified atom stereocenters. The Labute approximate surface area is 428 Å². The van der Waals surface area contributed by atoms with Crippen LogP contribution in [0.4, 0.5) is 0 Å². The second-order valence-corrected chi connectivity index (χ2v) is 19.9. The van der Waals surface area contributed by atoms with E-state index < -0.39 is 6.10 Å². The van der Waals surface area contributed by atoms with Crippen LogP contribution in [0.1, 0.15) is 303 Å². The first-order chi connectivity index (χ1) is 34.0. The van der Waals surface area contributed by atoms with Gasteiger partial charge in [0.2, 0.25) is 0 Å². The van der Waals surface area contributed by atoms with Crippen LogP contribution in [-0.4, -0.2) is 37.2 Å². The molecule has 0 aliphatic rings. The van der Waals surface area contributed by atoms with Gasteiger partial charge in [-0.05, 0) is 103 Å². The van der Waals surface area contributed by atoms with Crippen LogP contribution in [0.25, 0.3) is 0 Å². The molecule has 0 N–H and O–H groups in total. The Kier molecular flexibility index (Phi) is 55.3. The lowest BCUT2D eigenvalue weighted by Crippen LogP contribution is -2.30. The van der Waals surface area contributed by atoms with Gasteiger partial charge in [-0.25, -0.2) is 0 Å². The fraction of sp³-hybridized carbons (Fsp3) is 0.794. The van der Waals surface area contributed by atoms with Crippen LogP contribution in [0.2, 0.25) is 0 Å². The Morgan fingerprint density at radius 1 is 0.304 bits per heavy atom. The summed E-state index contributed by atoms with van der Waals surface area (Å²) in [6, 6.07) is 0. The van der Waals surface area contributed by atoms with Crippen LogP contribution in [0, 0.1) is 0 Å². The van der Waals surface area contributed by atoms with Gasteiger partial charge in [-0.1, -0.05) is 242 Å². The predicted molar refractivity (Wildman–Crippen MR) is 298 cm³/mol. The molecule has 0 amide bonds. The van der Waals surface area contributed by atoms with Crippen LogP contribution in [0.15, 0.2) is 60.8 Å². The van der Waals surface area contributed by atoms with Crippen molar-refractivity contribution >= 4 is 17.9 Å². The largest absolute Gasteiger partial charge is 0.462 e. The van der Waals surface area contributed by atoms with Crippen molar-refractivity contribution in [1.29, 1.82) is 0 Å². The summed E-state index contributed by atoms with van der Waals surface area (Å²) in [5.41, 5.74) is 0. The quantitative estimate of drug-likeness (QED) is 0.0262. The van der Waals surface area contributed by atoms with Crippen molar-refractivity contribution in [3.8, 4) is 0 Å². The summed E-state index contributed by atoms with van der Waals surface area (Å²) in [5, 5.41) is 0. The van der Waals surface area contributed by atoms with Crippen molar-refractivity contribution in [2.75, 3.05) is 13.2 Å². The lowest BCUT2D eigenvalue weighted by molar-refractivity contribution is -0.167. The van der Waals surface area contributed by atoms with Gasteiger partial charge in [-0.2, -0.15) is 0 Å². The topological polar surface area (TPSA) is 78.9 Å². The number of unbranched alkanes of at least 4 members (excludes halogenated alkanes) is 33. The third-order valence-corrected chi connectivity index (χ3v) is 13.0. The van der Waals surface area contributed by atoms with E-state index in [4.69, 9.17) is 14.2 Å². The minimum Gasteiger partial charge on any atom is -0.462 e. The molecule has 0 saturated heterocycles. The van der Waals surface area contributed by atoms with Gasteiger partial charge in [0.05, 0.1) is 0 Å². The van der Waals surface area contributed by atoms with Gasteiger partial charge in [0.25, 0.3) is 0 Å². The van der Waals surface area contributed by atoms with Gasteiger partial charge >= 0.3 is 17.9 Å². The van der Waals surface area contributed by atoms with Crippen LogP contribution in [0.3, 0.4) is 0 Å². The van der Waals surface area contributed by atoms with E-state index in [-0.39, 0.29) is 31.1 Å². The summed E-state index contributed by atoms with van der Waals surface area (Å²) < 4.78 is 16.9. The van der Waals surface area contributed by atoms with Crippen LogP contribution >= 0.6 is 0 Å². The van der Waals surface area contributed by atoms with Crippen molar-refractivity contribution in [1.82, 2.24) is 0 Å². The van der Waals surface area contributed by atoms with Gasteiger partial charge in [-0.3, -0.25) is 14.4 Å². The maximum absolute atomic E-state index is 12.9. The number of ether oxygens (including phenoxy) is 3. The average molecular weight is 966 g/mol. The van der Waals surface area contributed by atoms with Crippen molar-refractivity contribution in [3.05, 3.63) is 60.8 Å². The van der Waals surface area contributed by atoms with E-state index in [0.717, 1.165) is 96.3 Å². The molecule has 0 radical (unpaired) electrons. The zero-order valence-electron chi connectivity index (χ0n) is 45.8. The van der Waals surface area contributed by atoms with E-state index in [1.807, 2.05) is 0 Å². The first kappa shape index (κ1) is 66.1. The van der Waals surface area contributed by atoms with Gasteiger partial charge in [-0.15, -0.1) is 0 Å². The molecule has 0 aliphatic carbocycles. The summed E-state index contributed by atoms with van der Waals surface area (Å²) in [6.45, 7) is 6.53. The third kappa shape index (κ3) is 55.9. The molecule has 0 aliphatic heterocycles. The Balaban J connectivity index is 4.38. The zero-order chi connectivity index (χ0) is 50.0. The number of allylic oxidation sites excluding steroid dienone is 10. The molecule has 69 heavy (non-hydrogen) atoms. The van der Waals surface area contributed by atoms with Crippen LogP contribution in [0.5, 0.6) is 0 Å². The molecule has 0 fully saturated rings. The Bertz CT molecular complexity index is 1250. The highest BCUT2D eigenvalue weighted by atomic mass is 16.6. The molecule has 0 bridgehead atoms. The summed E-state index contributed by atoms with van der Waals surface area (Å²) >= 11 is 0. The van der Waals surface area contributed by atoms with Crippen LogP contribution < -0.4 is 0 Å². The molecule has 0 aromatic carbocycles. The Morgan fingerprint density at radius 2 is 0.565 bits per heavy atom. The van der Waals surface area contributed by atoms with Crippen molar-refractivity contribution in [2.45, 2.75) is 309 Å². The fourth-order valence-corrected chi connectivity index (χ4v) is 8.51. The van der Waals surface area contributed by atoms with E-state index in [0.29, 0.717) is 19.3 Å². The molecule has 6 nitrogen and oxygen atoms in total. The number of hydrogen-bond donors (Lipinski definition) is 0. The zero-order valence-corrected chi connectivity index (χ0v) is 45.8. The van der Waals surface area contributed by atoms with Crippen molar-refractivity contribution in [3.63, 3.8) is 0 Å². The summed E-state index contributed by atoms with van der Waals surface area (Å²) in [6.07, 6.45) is 72.1. The first-order valence-corrected chi connectivity index (χ1v) is 29.8. The molecule has 0 saturated carbocycles. The summed E-state index contributed by atoms with van der Waals surface area (Å²) in [7, 11) is 0. The molecule has 0 rings (SSSR count). The first-order valence-electron chi connectivity index (χ1n) is 29.8. The van der Waals surface area contributed by atoms with Gasteiger partial charge in [0, 0.05) is 19.3 Å². The lowest BCUT2D eigenvalue weighted by atomic mass is 10.1. The standard InChI is InChI=1S/C63H112O6/c1-4-7-10-13-16-19-22-25-28-30-31-33-35-38-41-44-47-50-53-56-62(65)68-59-60(58-67-61(64)55-52-49-46-43-40-37-34-27-24-21-18-15-12-9-6-3)69-63(66)57-54-51-48-45-42-39-36-32-29-26-23-20-17-14-11-8-5-2/h9,12,18,21,25-29,34,60H,4-8,10-11,13-17,19-20,22-24,30-33,35-59H2,1-3H3/b12-9-,21-18-,28-25-,29-26-,34-27-. The molecule has 1 atom stereocenters. The van der Waals surface area contributed by atoms with Gasteiger partial charge in [0.1, 0.15) is 13.2 Å². The van der Waals surface area contributed by atoms with Crippen molar-refractivity contribution in [2.24, 2.45) is 0 Å². The minimum absolute atomic E-state index is 0.0813. The van der Waals surface area contributed by atoms with E-state index in [2.05, 4.69) is 81.5 Å². The van der Waals surface area contributed by atoms with Crippen LogP contribution in [-0.2, 0) is 28.6 Å². The average Bonchev–Trinajstić information content (AvgIpc) is 3.35. The minimum atomic E-state index is -0.784. The highest BCUT2D eigenvalue weighted by molar-refractivity contribution is 5.71. The van der Waals surface area contributed by atoms with E-state index >= 15 is 0 Å². The second-order valence-electron chi connectivity index (χ2n) is 19.9. The van der Waals surface area contributed by atoms with E-state index in [9.17, 15) is 14.4 Å². The van der Waals surface area contributed by atoms with Crippen molar-refractivity contribution < 1.29 is 28.6 Å². The Morgan fingerprint density at radius 3 is 0.899 bits per heavy atom. The third-order valence-electron chi connectivity index (χ3n) is 13.0. The number of hydrogen-bond acceptors (Lipinski definition) is 6. The summed E-state index contributed by atoms with van der Waals surface area (Å²) in [4.78, 5) is 38.2. The number of rotatable bonds is 54. The van der Waals surface area contributed by atoms with E-state index in [1.54, 1.807) is 0 Å². The SMILES string of the molecule is CC/C=C\C/C=C\C/C=C\CCCCCCCC(=O)OCC(COC(=O)CCCCCCCCCCC/C=C\CCCCCCCC)OC(=O)CCCCCCCCC/C=C\CCCCCCCC. The highest BCUT2D eigenvalue weighted by Crippen LogP contribution is 2.16. The second kappa shape index (κ2) is 57.7. The van der Waals surface area contributed by atoms with Gasteiger partial charge < -0.3 is 14.2 Å². The molecule has 6 heteroatoms. The predicted octanol–water partition coefficient (Wildman–Crippen LogP) is 20.0. The number of esters is 3. The molecule has 400 valence electrons.